The van der Waals surface area contributed by atoms with Crippen molar-refractivity contribution >= 4 is 28.8 Å². The molecule has 25 heavy (non-hydrogen) atoms. The smallest absolute Gasteiger partial charge is 0.263 e. The number of thiazole rings is 1. The van der Waals surface area contributed by atoms with Crippen molar-refractivity contribution < 1.29 is 9.59 Å². The van der Waals surface area contributed by atoms with Crippen molar-refractivity contribution in [2.24, 2.45) is 0 Å². The van der Waals surface area contributed by atoms with Gasteiger partial charge in [0.15, 0.2) is 0 Å². The molecule has 7 heteroatoms. The minimum absolute atomic E-state index is 0.0708. The standard InChI is InChI=1S/C18H24N4O2S/c1-5-16-20-12(2)17(25-16)18(24)19-10-13-7-6-8-14(9-13)21-15(23)11-22(3)4/h6-9H,5,10-11H2,1-4H3,(H,19,24)(H,21,23). The number of rotatable bonds is 7. The van der Waals surface area contributed by atoms with E-state index in [9.17, 15) is 9.59 Å². The van der Waals surface area contributed by atoms with Gasteiger partial charge >= 0.3 is 0 Å². The van der Waals surface area contributed by atoms with Crippen molar-refractivity contribution in [3.8, 4) is 0 Å². The maximum Gasteiger partial charge on any atom is 0.263 e. The first-order valence-corrected chi connectivity index (χ1v) is 8.98. The Morgan fingerprint density at radius 1 is 1.28 bits per heavy atom. The molecule has 2 N–H and O–H groups in total. The van der Waals surface area contributed by atoms with Crippen molar-refractivity contribution in [2.45, 2.75) is 26.8 Å². The summed E-state index contributed by atoms with van der Waals surface area (Å²) in [6.45, 7) is 4.60. The van der Waals surface area contributed by atoms with E-state index in [0.717, 1.165) is 28.4 Å². The Labute approximate surface area is 152 Å². The van der Waals surface area contributed by atoms with Gasteiger partial charge in [-0.25, -0.2) is 4.98 Å². The maximum absolute atomic E-state index is 12.3. The number of nitrogens with zero attached hydrogens (tertiary/aromatic N) is 2. The van der Waals surface area contributed by atoms with Gasteiger partial charge in [0.2, 0.25) is 5.91 Å². The molecular weight excluding hydrogens is 336 g/mol. The third kappa shape index (κ3) is 5.65. The molecule has 0 saturated carbocycles. The second-order valence-electron chi connectivity index (χ2n) is 6.04. The molecule has 6 nitrogen and oxygen atoms in total. The molecule has 1 heterocycles. The number of aryl methyl sites for hydroxylation is 2. The number of hydrogen-bond acceptors (Lipinski definition) is 5. The highest BCUT2D eigenvalue weighted by Crippen LogP contribution is 2.18. The molecule has 0 aliphatic carbocycles. The van der Waals surface area contributed by atoms with Crippen LogP contribution in [0.3, 0.4) is 0 Å². The van der Waals surface area contributed by atoms with Gasteiger partial charge in [0.1, 0.15) is 4.88 Å². The van der Waals surface area contributed by atoms with Crippen molar-refractivity contribution in [3.63, 3.8) is 0 Å². The van der Waals surface area contributed by atoms with Crippen LogP contribution in [-0.4, -0.2) is 42.3 Å². The lowest BCUT2D eigenvalue weighted by molar-refractivity contribution is -0.116. The molecule has 0 aliphatic rings. The first kappa shape index (κ1) is 19.1. The largest absolute Gasteiger partial charge is 0.347 e. The van der Waals surface area contributed by atoms with Crippen molar-refractivity contribution in [1.82, 2.24) is 15.2 Å². The van der Waals surface area contributed by atoms with Gasteiger partial charge in [-0.15, -0.1) is 11.3 Å². The van der Waals surface area contributed by atoms with E-state index in [4.69, 9.17) is 0 Å². The molecule has 0 bridgehead atoms. The van der Waals surface area contributed by atoms with Gasteiger partial charge in [-0.2, -0.15) is 0 Å². The van der Waals surface area contributed by atoms with Gasteiger partial charge < -0.3 is 15.5 Å². The third-order valence-corrected chi connectivity index (χ3v) is 4.77. The second-order valence-corrected chi connectivity index (χ2v) is 7.13. The van der Waals surface area contributed by atoms with Crippen LogP contribution in [0.15, 0.2) is 24.3 Å². The zero-order valence-electron chi connectivity index (χ0n) is 15.0. The second kappa shape index (κ2) is 8.73. The van der Waals surface area contributed by atoms with Crippen LogP contribution in [-0.2, 0) is 17.8 Å². The average Bonchev–Trinajstić information content (AvgIpc) is 2.93. The SMILES string of the molecule is CCc1nc(C)c(C(=O)NCc2cccc(NC(=O)CN(C)C)c2)s1. The third-order valence-electron chi connectivity index (χ3n) is 3.47. The summed E-state index contributed by atoms with van der Waals surface area (Å²) in [7, 11) is 3.69. The van der Waals surface area contributed by atoms with E-state index < -0.39 is 0 Å². The van der Waals surface area contributed by atoms with E-state index in [2.05, 4.69) is 15.6 Å². The van der Waals surface area contributed by atoms with Crippen LogP contribution >= 0.6 is 11.3 Å². The Hall–Kier alpha value is -2.25. The van der Waals surface area contributed by atoms with Gasteiger partial charge in [0.25, 0.3) is 5.91 Å². The molecule has 0 fully saturated rings. The fraction of sp³-hybridized carbons (Fsp3) is 0.389. The molecule has 0 saturated heterocycles. The molecule has 2 aromatic rings. The minimum Gasteiger partial charge on any atom is -0.347 e. The molecule has 0 aliphatic heterocycles. The molecule has 2 rings (SSSR count). The molecule has 134 valence electrons. The number of nitrogens with one attached hydrogen (secondary N) is 2. The maximum atomic E-state index is 12.3. The van der Waals surface area contributed by atoms with E-state index in [1.165, 1.54) is 11.3 Å². The van der Waals surface area contributed by atoms with Gasteiger partial charge in [0.05, 0.1) is 17.2 Å². The van der Waals surface area contributed by atoms with Gasteiger partial charge in [-0.05, 0) is 45.1 Å². The number of benzene rings is 1. The Balaban J connectivity index is 1.96. The lowest BCUT2D eigenvalue weighted by atomic mass is 10.2. The molecular formula is C18H24N4O2S. The van der Waals surface area contributed by atoms with E-state index in [1.54, 1.807) is 4.90 Å². The number of amides is 2. The summed E-state index contributed by atoms with van der Waals surface area (Å²) in [5.41, 5.74) is 2.42. The minimum atomic E-state index is -0.114. The Kier molecular flexibility index (Phi) is 6.66. The first-order valence-electron chi connectivity index (χ1n) is 8.17. The highest BCUT2D eigenvalue weighted by atomic mass is 32.1. The molecule has 1 aromatic heterocycles. The summed E-state index contributed by atoms with van der Waals surface area (Å²) in [6.07, 6.45) is 0.827. The zero-order valence-corrected chi connectivity index (χ0v) is 15.9. The van der Waals surface area contributed by atoms with Crippen LogP contribution in [0.5, 0.6) is 0 Å². The van der Waals surface area contributed by atoms with Crippen LogP contribution in [0.25, 0.3) is 0 Å². The Morgan fingerprint density at radius 3 is 2.68 bits per heavy atom. The number of likely N-dealkylation sites (N-methyl/N-ethyl adjacent to an activating group) is 1. The molecule has 0 atom stereocenters. The Bertz CT molecular complexity index is 755. The summed E-state index contributed by atoms with van der Waals surface area (Å²) < 4.78 is 0. The highest BCUT2D eigenvalue weighted by molar-refractivity contribution is 7.13. The molecule has 0 radical (unpaired) electrons. The lowest BCUT2D eigenvalue weighted by Gasteiger charge is -2.11. The highest BCUT2D eigenvalue weighted by Gasteiger charge is 2.14. The van der Waals surface area contributed by atoms with Crippen molar-refractivity contribution in [3.05, 3.63) is 45.4 Å². The summed E-state index contributed by atoms with van der Waals surface area (Å²) in [5.74, 6) is -0.185. The predicted molar refractivity (Wildman–Crippen MR) is 101 cm³/mol. The van der Waals surface area contributed by atoms with Crippen LogP contribution in [0.1, 0.15) is 32.9 Å². The Morgan fingerprint density at radius 2 is 2.04 bits per heavy atom. The summed E-state index contributed by atoms with van der Waals surface area (Å²) in [6, 6.07) is 7.48. The van der Waals surface area contributed by atoms with E-state index in [0.29, 0.717) is 18.0 Å². The van der Waals surface area contributed by atoms with E-state index in [1.807, 2.05) is 52.2 Å². The fourth-order valence-electron chi connectivity index (χ4n) is 2.32. The van der Waals surface area contributed by atoms with Gasteiger partial charge in [0, 0.05) is 12.2 Å². The average molecular weight is 360 g/mol. The molecule has 0 spiro atoms. The van der Waals surface area contributed by atoms with Crippen LogP contribution < -0.4 is 10.6 Å². The quantitative estimate of drug-likeness (QED) is 0.795. The van der Waals surface area contributed by atoms with Crippen LogP contribution in [0, 0.1) is 6.92 Å². The van der Waals surface area contributed by atoms with Gasteiger partial charge in [-0.1, -0.05) is 19.1 Å². The van der Waals surface area contributed by atoms with Crippen molar-refractivity contribution in [1.29, 1.82) is 0 Å². The topological polar surface area (TPSA) is 74.3 Å². The van der Waals surface area contributed by atoms with Gasteiger partial charge in [-0.3, -0.25) is 9.59 Å². The predicted octanol–water partition coefficient (Wildman–Crippen LogP) is 2.44. The van der Waals surface area contributed by atoms with E-state index >= 15 is 0 Å². The number of anilines is 1. The normalized spacial score (nSPS) is 10.8. The van der Waals surface area contributed by atoms with Crippen LogP contribution in [0.4, 0.5) is 5.69 Å². The monoisotopic (exact) mass is 360 g/mol. The fourth-order valence-corrected chi connectivity index (χ4v) is 3.24. The molecule has 1 aromatic carbocycles. The van der Waals surface area contributed by atoms with Crippen LogP contribution in [0.2, 0.25) is 0 Å². The summed E-state index contributed by atoms with van der Waals surface area (Å²) in [5, 5.41) is 6.73. The lowest BCUT2D eigenvalue weighted by Crippen LogP contribution is -2.27. The summed E-state index contributed by atoms with van der Waals surface area (Å²) >= 11 is 1.44. The van der Waals surface area contributed by atoms with E-state index in [-0.39, 0.29) is 11.8 Å². The number of hydrogen-bond donors (Lipinski definition) is 2. The number of carbonyl (C=O) groups is 2. The number of carbonyl (C=O) groups excluding carboxylic acids is 2. The molecule has 0 unspecified atom stereocenters. The van der Waals surface area contributed by atoms with Crippen molar-refractivity contribution in [2.75, 3.05) is 26.0 Å². The molecule has 2 amide bonds. The first-order chi connectivity index (χ1) is 11.9. The summed E-state index contributed by atoms with van der Waals surface area (Å²) in [4.78, 5) is 31.0. The number of aromatic nitrogens is 1. The zero-order chi connectivity index (χ0) is 18.4.